The lowest BCUT2D eigenvalue weighted by molar-refractivity contribution is -0.903. The van der Waals surface area contributed by atoms with Crippen LogP contribution < -0.4 is 10.5 Å². The van der Waals surface area contributed by atoms with E-state index in [1.165, 1.54) is 0 Å². The number of carbonyl (C=O) groups excluding carboxylic acids is 1. The van der Waals surface area contributed by atoms with Crippen molar-refractivity contribution in [1.82, 2.24) is 14.9 Å². The number of rotatable bonds is 4. The number of nitrogens with zero attached hydrogens (tertiary/aromatic N) is 2. The first-order chi connectivity index (χ1) is 9.90. The summed E-state index contributed by atoms with van der Waals surface area (Å²) in [6.07, 6.45) is 0. The molecule has 1 unspecified atom stereocenters. The molecular formula is C15H21N4O2+. The van der Waals surface area contributed by atoms with Crippen molar-refractivity contribution in [3.63, 3.8) is 0 Å². The summed E-state index contributed by atoms with van der Waals surface area (Å²) in [5.41, 5.74) is 0.532. The maximum atomic E-state index is 12.1. The van der Waals surface area contributed by atoms with Crippen molar-refractivity contribution in [2.24, 2.45) is 0 Å². The first-order valence-electron chi connectivity index (χ1n) is 6.91. The number of hydrogen-bond acceptors (Lipinski definition) is 3. The van der Waals surface area contributed by atoms with Crippen LogP contribution in [0.2, 0.25) is 0 Å². The monoisotopic (exact) mass is 289 g/mol. The van der Waals surface area contributed by atoms with Crippen LogP contribution in [0.3, 0.4) is 0 Å². The van der Waals surface area contributed by atoms with Gasteiger partial charge in [-0.2, -0.15) is 0 Å². The molecule has 0 aliphatic carbocycles. The number of nitrogens with one attached hydrogen (secondary N) is 2. The number of amides is 1. The second-order valence-corrected chi connectivity index (χ2v) is 5.50. The molecule has 21 heavy (non-hydrogen) atoms. The first-order valence-corrected chi connectivity index (χ1v) is 6.91. The number of benzene rings is 1. The summed E-state index contributed by atoms with van der Waals surface area (Å²) in [5.74, 6) is 0.644. The third-order valence-electron chi connectivity index (χ3n) is 3.71. The average molecular weight is 289 g/mol. The summed E-state index contributed by atoms with van der Waals surface area (Å²) in [6, 6.07) is 7.17. The Morgan fingerprint density at radius 3 is 2.71 bits per heavy atom. The number of aromatic nitrogens is 2. The molecule has 0 aliphatic heterocycles. The second-order valence-electron chi connectivity index (χ2n) is 5.50. The van der Waals surface area contributed by atoms with Crippen molar-refractivity contribution in [3.8, 4) is 0 Å². The highest BCUT2D eigenvalue weighted by atomic mass is 16.2. The van der Waals surface area contributed by atoms with E-state index in [1.54, 1.807) is 25.1 Å². The fourth-order valence-electron chi connectivity index (χ4n) is 2.09. The minimum Gasteiger partial charge on any atom is -0.344 e. The summed E-state index contributed by atoms with van der Waals surface area (Å²) in [5, 5.41) is 0.579. The van der Waals surface area contributed by atoms with Crippen LogP contribution >= 0.6 is 0 Å². The quantitative estimate of drug-likeness (QED) is 0.804. The van der Waals surface area contributed by atoms with Crippen LogP contribution in [0, 0.1) is 0 Å². The number of fused-ring (bicyclic) bond motifs is 1. The molecule has 0 radical (unpaired) electrons. The number of para-hydroxylation sites is 1. The molecule has 0 spiro atoms. The van der Waals surface area contributed by atoms with E-state index in [0.29, 0.717) is 23.3 Å². The van der Waals surface area contributed by atoms with Gasteiger partial charge in [0.25, 0.3) is 11.5 Å². The summed E-state index contributed by atoms with van der Waals surface area (Å²) in [6.45, 7) is 2.30. The van der Waals surface area contributed by atoms with Gasteiger partial charge in [-0.3, -0.25) is 9.59 Å². The minimum absolute atomic E-state index is 0.0440. The van der Waals surface area contributed by atoms with Crippen LogP contribution in [0.4, 0.5) is 0 Å². The third-order valence-corrected chi connectivity index (χ3v) is 3.71. The van der Waals surface area contributed by atoms with Crippen molar-refractivity contribution in [3.05, 3.63) is 40.4 Å². The Morgan fingerprint density at radius 1 is 1.38 bits per heavy atom. The van der Waals surface area contributed by atoms with E-state index in [-0.39, 0.29) is 17.5 Å². The molecule has 2 atom stereocenters. The standard InChI is InChI=1S/C15H20N4O2/c1-10(19(4)9-13(20)18(2)3)14-16-12-8-6-5-7-11(12)15(21)17-14/h5-8,10H,9H2,1-4H3,(H,16,17,21)/p+1/t10-/m0/s1. The minimum atomic E-state index is -0.144. The van der Waals surface area contributed by atoms with Crippen LogP contribution in [0.25, 0.3) is 10.9 Å². The fourth-order valence-corrected chi connectivity index (χ4v) is 2.09. The van der Waals surface area contributed by atoms with Gasteiger partial charge in [0.05, 0.1) is 18.0 Å². The van der Waals surface area contributed by atoms with Crippen molar-refractivity contribution < 1.29 is 9.69 Å². The number of quaternary nitrogens is 1. The number of H-pyrrole nitrogens is 1. The zero-order valence-electron chi connectivity index (χ0n) is 12.8. The van der Waals surface area contributed by atoms with Crippen LogP contribution in [-0.4, -0.2) is 48.5 Å². The molecule has 6 nitrogen and oxygen atoms in total. The van der Waals surface area contributed by atoms with Gasteiger partial charge in [-0.25, -0.2) is 4.98 Å². The predicted octanol–water partition coefficient (Wildman–Crippen LogP) is -0.413. The lowest BCUT2D eigenvalue weighted by atomic mass is 10.2. The van der Waals surface area contributed by atoms with Gasteiger partial charge in [0, 0.05) is 14.1 Å². The van der Waals surface area contributed by atoms with Gasteiger partial charge in [-0.15, -0.1) is 0 Å². The molecule has 0 saturated heterocycles. The van der Waals surface area contributed by atoms with E-state index < -0.39 is 0 Å². The lowest BCUT2D eigenvalue weighted by Crippen LogP contribution is -3.10. The van der Waals surface area contributed by atoms with Crippen molar-refractivity contribution in [2.75, 3.05) is 27.7 Å². The molecule has 0 fully saturated rings. The maximum Gasteiger partial charge on any atom is 0.277 e. The topological polar surface area (TPSA) is 70.5 Å². The van der Waals surface area contributed by atoms with E-state index in [2.05, 4.69) is 9.97 Å². The van der Waals surface area contributed by atoms with Crippen molar-refractivity contribution in [2.45, 2.75) is 13.0 Å². The molecule has 1 heterocycles. The van der Waals surface area contributed by atoms with E-state index in [0.717, 1.165) is 4.90 Å². The molecule has 1 aromatic carbocycles. The Labute approximate surface area is 123 Å². The molecule has 2 aromatic rings. The van der Waals surface area contributed by atoms with Crippen LogP contribution in [-0.2, 0) is 4.79 Å². The Kier molecular flexibility index (Phi) is 4.37. The van der Waals surface area contributed by atoms with Gasteiger partial charge in [0.2, 0.25) is 0 Å². The van der Waals surface area contributed by atoms with Crippen LogP contribution in [0.15, 0.2) is 29.1 Å². The maximum absolute atomic E-state index is 12.1. The molecule has 0 aliphatic rings. The van der Waals surface area contributed by atoms with E-state index in [9.17, 15) is 9.59 Å². The number of hydrogen-bond donors (Lipinski definition) is 2. The summed E-state index contributed by atoms with van der Waals surface area (Å²) in [7, 11) is 5.38. The van der Waals surface area contributed by atoms with E-state index >= 15 is 0 Å². The Morgan fingerprint density at radius 2 is 2.05 bits per heavy atom. The summed E-state index contributed by atoms with van der Waals surface area (Å²) in [4.78, 5) is 33.7. The number of likely N-dealkylation sites (N-methyl/N-ethyl adjacent to an activating group) is 2. The van der Waals surface area contributed by atoms with Gasteiger partial charge in [-0.05, 0) is 19.1 Å². The molecular weight excluding hydrogens is 268 g/mol. The molecule has 1 amide bonds. The highest BCUT2D eigenvalue weighted by Crippen LogP contribution is 2.08. The van der Waals surface area contributed by atoms with Crippen molar-refractivity contribution in [1.29, 1.82) is 0 Å². The van der Waals surface area contributed by atoms with Gasteiger partial charge < -0.3 is 14.8 Å². The SMILES string of the molecule is C[C@@H](c1nc2ccccc2c(=O)[nH]1)[NH+](C)CC(=O)N(C)C. The molecule has 6 heteroatoms. The summed E-state index contributed by atoms with van der Waals surface area (Å²) < 4.78 is 0. The van der Waals surface area contributed by atoms with Gasteiger partial charge in [0.15, 0.2) is 12.4 Å². The molecule has 112 valence electrons. The third kappa shape index (κ3) is 3.28. The molecule has 0 bridgehead atoms. The highest BCUT2D eigenvalue weighted by molar-refractivity contribution is 5.77. The van der Waals surface area contributed by atoms with Crippen LogP contribution in [0.5, 0.6) is 0 Å². The van der Waals surface area contributed by atoms with E-state index in [4.69, 9.17) is 0 Å². The number of aromatic amines is 1. The largest absolute Gasteiger partial charge is 0.344 e. The van der Waals surface area contributed by atoms with Gasteiger partial charge >= 0.3 is 0 Å². The average Bonchev–Trinajstić information content (AvgIpc) is 2.46. The Bertz CT molecular complexity index is 708. The zero-order valence-corrected chi connectivity index (χ0v) is 12.8. The second kappa shape index (κ2) is 6.05. The Hall–Kier alpha value is -2.21. The lowest BCUT2D eigenvalue weighted by Gasteiger charge is -2.22. The van der Waals surface area contributed by atoms with E-state index in [1.807, 2.05) is 32.2 Å². The normalized spacial score (nSPS) is 13.9. The molecule has 2 N–H and O–H groups in total. The smallest absolute Gasteiger partial charge is 0.277 e. The first kappa shape index (κ1) is 15.2. The van der Waals surface area contributed by atoms with Gasteiger partial charge in [0.1, 0.15) is 6.04 Å². The highest BCUT2D eigenvalue weighted by Gasteiger charge is 2.22. The van der Waals surface area contributed by atoms with Crippen LogP contribution in [0.1, 0.15) is 18.8 Å². The van der Waals surface area contributed by atoms with Crippen molar-refractivity contribution >= 4 is 16.8 Å². The fraction of sp³-hybridized carbons (Fsp3) is 0.400. The predicted molar refractivity (Wildman–Crippen MR) is 81.2 cm³/mol. The number of carbonyl (C=O) groups is 1. The Balaban J connectivity index is 2.29. The molecule has 2 rings (SSSR count). The zero-order chi connectivity index (χ0) is 15.6. The van der Waals surface area contributed by atoms with Gasteiger partial charge in [-0.1, -0.05) is 12.1 Å². The molecule has 0 saturated carbocycles. The summed E-state index contributed by atoms with van der Waals surface area (Å²) >= 11 is 0. The molecule has 1 aromatic heterocycles.